The minimum Gasteiger partial charge on any atom is -0.497 e. The van der Waals surface area contributed by atoms with Gasteiger partial charge in [0.1, 0.15) is 28.9 Å². The average molecular weight is 412 g/mol. The summed E-state index contributed by atoms with van der Waals surface area (Å²) in [6.07, 6.45) is 0. The largest absolute Gasteiger partial charge is 0.497 e. The number of methoxy groups -OCH3 is 1. The van der Waals surface area contributed by atoms with Crippen molar-refractivity contribution in [3.8, 4) is 23.3 Å². The molecule has 1 heterocycles. The molecule has 0 saturated heterocycles. The maximum absolute atomic E-state index is 12.5. The lowest BCUT2D eigenvalue weighted by atomic mass is 9.83. The van der Waals surface area contributed by atoms with Gasteiger partial charge in [0, 0.05) is 11.6 Å². The van der Waals surface area contributed by atoms with Gasteiger partial charge in [-0.15, -0.1) is 0 Å². The lowest BCUT2D eigenvalue weighted by molar-refractivity contribution is 0.0734. The number of hydrogen-bond donors (Lipinski definition) is 1. The van der Waals surface area contributed by atoms with Gasteiger partial charge in [-0.3, -0.25) is 0 Å². The zero-order valence-corrected chi connectivity index (χ0v) is 17.1. The smallest absolute Gasteiger partial charge is 0.343 e. The molecule has 0 saturated carbocycles. The van der Waals surface area contributed by atoms with Crippen molar-refractivity contribution in [2.75, 3.05) is 7.11 Å². The molecule has 3 aromatic carbocycles. The van der Waals surface area contributed by atoms with Crippen LogP contribution in [0.15, 0.2) is 78.2 Å². The molecule has 0 aliphatic carbocycles. The zero-order chi connectivity index (χ0) is 22.0. The molecule has 2 N–H and O–H groups in total. The summed E-state index contributed by atoms with van der Waals surface area (Å²) in [5.74, 6) is 0.548. The third kappa shape index (κ3) is 3.94. The Morgan fingerprint density at radius 2 is 1.87 bits per heavy atom. The van der Waals surface area contributed by atoms with Crippen LogP contribution in [-0.4, -0.2) is 13.1 Å². The number of fused-ring (bicyclic) bond motifs is 1. The number of allylic oxidation sites excluding steroid dienone is 1. The van der Waals surface area contributed by atoms with E-state index >= 15 is 0 Å². The molecule has 0 spiro atoms. The summed E-state index contributed by atoms with van der Waals surface area (Å²) in [5, 5.41) is 9.70. The van der Waals surface area contributed by atoms with E-state index in [0.717, 1.165) is 16.7 Å². The molecule has 0 radical (unpaired) electrons. The number of hydrogen-bond acceptors (Lipinski definition) is 6. The number of esters is 1. The van der Waals surface area contributed by atoms with Crippen LogP contribution in [0.3, 0.4) is 0 Å². The van der Waals surface area contributed by atoms with Gasteiger partial charge in [-0.2, -0.15) is 5.26 Å². The Balaban J connectivity index is 1.70. The lowest BCUT2D eigenvalue weighted by Crippen LogP contribution is -2.21. The van der Waals surface area contributed by atoms with Crippen LogP contribution in [0.4, 0.5) is 0 Å². The van der Waals surface area contributed by atoms with Crippen molar-refractivity contribution < 1.29 is 19.0 Å². The third-order valence-electron chi connectivity index (χ3n) is 5.08. The quantitative estimate of drug-likeness (QED) is 0.503. The van der Waals surface area contributed by atoms with Crippen molar-refractivity contribution in [2.24, 2.45) is 5.73 Å². The normalized spacial score (nSPS) is 14.8. The average Bonchev–Trinajstić information content (AvgIpc) is 2.78. The van der Waals surface area contributed by atoms with Crippen molar-refractivity contribution in [3.63, 3.8) is 0 Å². The highest BCUT2D eigenvalue weighted by molar-refractivity contribution is 5.91. The number of ether oxygens (including phenoxy) is 3. The van der Waals surface area contributed by atoms with E-state index in [0.29, 0.717) is 28.4 Å². The molecule has 4 rings (SSSR count). The predicted molar refractivity (Wildman–Crippen MR) is 115 cm³/mol. The summed E-state index contributed by atoms with van der Waals surface area (Å²) < 4.78 is 16.6. The van der Waals surface area contributed by atoms with E-state index < -0.39 is 11.9 Å². The van der Waals surface area contributed by atoms with Gasteiger partial charge in [-0.05, 0) is 42.8 Å². The number of nitrogens with two attached hydrogens (primary N) is 1. The van der Waals surface area contributed by atoms with Crippen molar-refractivity contribution in [1.82, 2.24) is 0 Å². The number of nitriles is 1. The van der Waals surface area contributed by atoms with Gasteiger partial charge in [-0.25, -0.2) is 4.79 Å². The monoisotopic (exact) mass is 412 g/mol. The fourth-order valence-electron chi connectivity index (χ4n) is 3.60. The van der Waals surface area contributed by atoms with Gasteiger partial charge in [-0.1, -0.05) is 35.9 Å². The van der Waals surface area contributed by atoms with Gasteiger partial charge < -0.3 is 19.9 Å². The van der Waals surface area contributed by atoms with Crippen LogP contribution in [0.2, 0.25) is 0 Å². The first-order valence-corrected chi connectivity index (χ1v) is 9.64. The van der Waals surface area contributed by atoms with E-state index in [1.165, 1.54) is 0 Å². The van der Waals surface area contributed by atoms with Crippen LogP contribution in [-0.2, 0) is 0 Å². The Kier molecular flexibility index (Phi) is 5.33. The highest BCUT2D eigenvalue weighted by Gasteiger charge is 2.31. The Hall–Kier alpha value is -4.24. The molecule has 0 amide bonds. The molecular formula is C25H20N2O4. The Morgan fingerprint density at radius 3 is 2.61 bits per heavy atom. The summed E-state index contributed by atoms with van der Waals surface area (Å²) in [5.41, 5.74) is 9.38. The predicted octanol–water partition coefficient (Wildman–Crippen LogP) is 4.44. The van der Waals surface area contributed by atoms with Crippen LogP contribution in [0.5, 0.6) is 17.2 Å². The standard InChI is InChI=1S/C25H20N2O4/c1-15-5-3-7-17(11-15)25(28)30-19-9-10-20-22(13-19)31-24(27)21(14-26)23(20)16-6-4-8-18(12-16)29-2/h3-13,23H,27H2,1-2H3. The number of rotatable bonds is 4. The molecular weight excluding hydrogens is 392 g/mol. The van der Waals surface area contributed by atoms with Crippen LogP contribution < -0.4 is 19.9 Å². The lowest BCUT2D eigenvalue weighted by Gasteiger charge is -2.27. The van der Waals surface area contributed by atoms with Gasteiger partial charge >= 0.3 is 5.97 Å². The molecule has 3 aromatic rings. The van der Waals surface area contributed by atoms with Crippen molar-refractivity contribution in [3.05, 3.63) is 100 Å². The van der Waals surface area contributed by atoms with Gasteiger partial charge in [0.15, 0.2) is 0 Å². The van der Waals surface area contributed by atoms with Crippen LogP contribution in [0, 0.1) is 18.3 Å². The number of benzene rings is 3. The second kappa shape index (κ2) is 8.25. The fourth-order valence-corrected chi connectivity index (χ4v) is 3.60. The van der Waals surface area contributed by atoms with Crippen LogP contribution >= 0.6 is 0 Å². The molecule has 6 heteroatoms. The van der Waals surface area contributed by atoms with Gasteiger partial charge in [0.2, 0.25) is 5.88 Å². The highest BCUT2D eigenvalue weighted by Crippen LogP contribution is 2.44. The SMILES string of the molecule is COc1cccc(C2C(C#N)=C(N)Oc3cc(OC(=O)c4cccc(C)c4)ccc32)c1. The van der Waals surface area contributed by atoms with E-state index in [1.807, 2.05) is 37.3 Å². The molecule has 1 aliphatic heterocycles. The molecule has 1 unspecified atom stereocenters. The van der Waals surface area contributed by atoms with Gasteiger partial charge in [0.25, 0.3) is 0 Å². The topological polar surface area (TPSA) is 94.6 Å². The number of carbonyl (C=O) groups is 1. The third-order valence-corrected chi connectivity index (χ3v) is 5.08. The summed E-state index contributed by atoms with van der Waals surface area (Å²) in [6.45, 7) is 1.91. The second-order valence-corrected chi connectivity index (χ2v) is 7.16. The summed E-state index contributed by atoms with van der Waals surface area (Å²) in [7, 11) is 1.58. The van der Waals surface area contributed by atoms with E-state index in [-0.39, 0.29) is 5.88 Å². The molecule has 6 nitrogen and oxygen atoms in total. The summed E-state index contributed by atoms with van der Waals surface area (Å²) in [4.78, 5) is 12.5. The maximum atomic E-state index is 12.5. The molecule has 1 aliphatic rings. The van der Waals surface area contributed by atoms with Gasteiger partial charge in [0.05, 0.1) is 18.6 Å². The van der Waals surface area contributed by atoms with Crippen molar-refractivity contribution in [1.29, 1.82) is 5.26 Å². The zero-order valence-electron chi connectivity index (χ0n) is 17.1. The fraction of sp³-hybridized carbons (Fsp3) is 0.120. The maximum Gasteiger partial charge on any atom is 0.343 e. The Bertz CT molecular complexity index is 1240. The molecule has 0 aromatic heterocycles. The Labute approximate surface area is 180 Å². The van der Waals surface area contributed by atoms with Crippen molar-refractivity contribution >= 4 is 5.97 Å². The van der Waals surface area contributed by atoms with Crippen LogP contribution in [0.25, 0.3) is 0 Å². The van der Waals surface area contributed by atoms with E-state index in [1.54, 1.807) is 43.5 Å². The molecule has 1 atom stereocenters. The number of nitrogens with zero attached hydrogens (tertiary/aromatic N) is 1. The molecule has 0 fully saturated rings. The van der Waals surface area contributed by atoms with E-state index in [2.05, 4.69) is 6.07 Å². The molecule has 154 valence electrons. The minimum atomic E-state index is -0.468. The highest BCUT2D eigenvalue weighted by atomic mass is 16.5. The van der Waals surface area contributed by atoms with E-state index in [4.69, 9.17) is 19.9 Å². The molecule has 31 heavy (non-hydrogen) atoms. The van der Waals surface area contributed by atoms with Crippen molar-refractivity contribution in [2.45, 2.75) is 12.8 Å². The minimum absolute atomic E-state index is 0.0185. The van der Waals surface area contributed by atoms with E-state index in [9.17, 15) is 10.1 Å². The Morgan fingerprint density at radius 1 is 1.06 bits per heavy atom. The first-order chi connectivity index (χ1) is 15.0. The number of carbonyl (C=O) groups excluding carboxylic acids is 1. The number of aryl methyl sites for hydroxylation is 1. The summed E-state index contributed by atoms with van der Waals surface area (Å²) in [6, 6.07) is 21.8. The molecule has 0 bridgehead atoms. The first kappa shape index (κ1) is 20.0. The summed E-state index contributed by atoms with van der Waals surface area (Å²) >= 11 is 0. The second-order valence-electron chi connectivity index (χ2n) is 7.16. The first-order valence-electron chi connectivity index (χ1n) is 9.64. The van der Waals surface area contributed by atoms with Crippen LogP contribution in [0.1, 0.15) is 33.0 Å².